The Bertz CT molecular complexity index is 658. The van der Waals surface area contributed by atoms with E-state index in [0.29, 0.717) is 5.75 Å². The van der Waals surface area contributed by atoms with Crippen LogP contribution in [0.25, 0.3) is 0 Å². The Morgan fingerprint density at radius 2 is 1.38 bits per heavy atom. The number of thioether (sulfide) groups is 1. The van der Waals surface area contributed by atoms with Gasteiger partial charge in [-0.15, -0.1) is 11.8 Å². The number of benzene rings is 2. The van der Waals surface area contributed by atoms with Crippen molar-refractivity contribution in [3.05, 3.63) is 71.8 Å². The van der Waals surface area contributed by atoms with Crippen molar-refractivity contribution in [3.63, 3.8) is 0 Å². The van der Waals surface area contributed by atoms with Crippen LogP contribution in [0, 0.1) is 34.5 Å². The van der Waals surface area contributed by atoms with Gasteiger partial charge in [-0.2, -0.15) is 10.5 Å². The quantitative estimate of drug-likeness (QED) is 0.841. The van der Waals surface area contributed by atoms with E-state index in [9.17, 15) is 10.5 Å². The molecular formula is C18H14N2S. The molecule has 0 bridgehead atoms. The lowest BCUT2D eigenvalue weighted by Crippen LogP contribution is -2.31. The lowest BCUT2D eigenvalue weighted by molar-refractivity contribution is 0.481. The van der Waals surface area contributed by atoms with Crippen molar-refractivity contribution in [2.24, 2.45) is 11.8 Å². The molecule has 102 valence electrons. The maximum atomic E-state index is 9.71. The van der Waals surface area contributed by atoms with Gasteiger partial charge in [-0.1, -0.05) is 60.7 Å². The summed E-state index contributed by atoms with van der Waals surface area (Å²) in [6.45, 7) is 0. The molecule has 1 aliphatic heterocycles. The molecule has 0 unspecified atom stereocenters. The monoisotopic (exact) mass is 290 g/mol. The molecule has 0 aromatic heterocycles. The third kappa shape index (κ3) is 2.11. The van der Waals surface area contributed by atoms with Crippen LogP contribution >= 0.6 is 11.8 Å². The zero-order chi connectivity index (χ0) is 14.7. The second kappa shape index (κ2) is 5.64. The summed E-state index contributed by atoms with van der Waals surface area (Å²) in [5, 5.41) is 19.1. The first-order chi connectivity index (χ1) is 10.3. The highest BCUT2D eigenvalue weighted by atomic mass is 32.2. The summed E-state index contributed by atoms with van der Waals surface area (Å²) in [6, 6.07) is 24.9. The van der Waals surface area contributed by atoms with Crippen LogP contribution in [0.3, 0.4) is 0 Å². The van der Waals surface area contributed by atoms with Crippen molar-refractivity contribution < 1.29 is 0 Å². The highest BCUT2D eigenvalue weighted by molar-refractivity contribution is 8.00. The molecule has 0 spiro atoms. The fourth-order valence-corrected chi connectivity index (χ4v) is 4.76. The van der Waals surface area contributed by atoms with Crippen LogP contribution in [0.4, 0.5) is 0 Å². The van der Waals surface area contributed by atoms with E-state index in [2.05, 4.69) is 36.4 Å². The second-order valence-corrected chi connectivity index (χ2v) is 6.39. The van der Waals surface area contributed by atoms with E-state index in [1.165, 1.54) is 0 Å². The van der Waals surface area contributed by atoms with Gasteiger partial charge in [0.05, 0.1) is 28.7 Å². The molecule has 2 atom stereocenters. The fraction of sp³-hybridized carbons (Fsp3) is 0.222. The van der Waals surface area contributed by atoms with Gasteiger partial charge in [0.25, 0.3) is 0 Å². The van der Waals surface area contributed by atoms with Gasteiger partial charge in [0.2, 0.25) is 0 Å². The van der Waals surface area contributed by atoms with Crippen LogP contribution in [-0.4, -0.2) is 5.75 Å². The second-order valence-electron chi connectivity index (χ2n) is 5.12. The third-order valence-corrected chi connectivity index (χ3v) is 5.75. The largest absolute Gasteiger partial charge is 0.198 e. The molecule has 3 heteroatoms. The van der Waals surface area contributed by atoms with Gasteiger partial charge < -0.3 is 0 Å². The zero-order valence-corrected chi connectivity index (χ0v) is 12.3. The summed E-state index contributed by atoms with van der Waals surface area (Å²) in [7, 11) is 0. The maximum absolute atomic E-state index is 9.71. The summed E-state index contributed by atoms with van der Waals surface area (Å²) in [5.41, 5.74) is 2.20. The Hall–Kier alpha value is -2.23. The number of hydrogen-bond acceptors (Lipinski definition) is 3. The normalized spacial score (nSPS) is 23.1. The average molecular weight is 290 g/mol. The van der Waals surface area contributed by atoms with Crippen molar-refractivity contribution in [1.29, 1.82) is 10.5 Å². The first-order valence-corrected chi connectivity index (χ1v) is 7.85. The number of nitriles is 2. The minimum atomic E-state index is -0.447. The number of rotatable bonds is 2. The van der Waals surface area contributed by atoms with E-state index in [1.54, 1.807) is 11.8 Å². The summed E-state index contributed by atoms with van der Waals surface area (Å²) in [5.74, 6) is 0.121. The van der Waals surface area contributed by atoms with Gasteiger partial charge in [-0.3, -0.25) is 0 Å². The van der Waals surface area contributed by atoms with Gasteiger partial charge in [-0.05, 0) is 11.1 Å². The molecule has 1 saturated heterocycles. The Morgan fingerprint density at radius 3 is 1.81 bits per heavy atom. The molecule has 21 heavy (non-hydrogen) atoms. The predicted molar refractivity (Wildman–Crippen MR) is 84.3 cm³/mol. The molecule has 0 aliphatic carbocycles. The van der Waals surface area contributed by atoms with Crippen LogP contribution < -0.4 is 0 Å². The fourth-order valence-electron chi connectivity index (χ4n) is 3.05. The molecule has 1 heterocycles. The standard InChI is InChI=1S/C18H14N2S/c19-11-14-13-21-18(17(14)12-20,15-7-3-1-4-8-15)16-9-5-2-6-10-16/h1-10,14,17H,13H2/t14-,17+/m0/s1. The van der Waals surface area contributed by atoms with Crippen LogP contribution in [0.2, 0.25) is 0 Å². The molecule has 1 fully saturated rings. The zero-order valence-electron chi connectivity index (χ0n) is 11.4. The smallest absolute Gasteiger partial charge is 0.0858 e. The van der Waals surface area contributed by atoms with E-state index < -0.39 is 4.75 Å². The number of nitrogens with zero attached hydrogens (tertiary/aromatic N) is 2. The van der Waals surface area contributed by atoms with Gasteiger partial charge in [-0.25, -0.2) is 0 Å². The highest BCUT2D eigenvalue weighted by Gasteiger charge is 2.52. The average Bonchev–Trinajstić information content (AvgIpc) is 2.96. The summed E-state index contributed by atoms with van der Waals surface area (Å²) < 4.78 is -0.447. The Kier molecular flexibility index (Phi) is 3.69. The van der Waals surface area contributed by atoms with Crippen LogP contribution in [0.5, 0.6) is 0 Å². The van der Waals surface area contributed by atoms with E-state index in [4.69, 9.17) is 0 Å². The van der Waals surface area contributed by atoms with Crippen LogP contribution in [-0.2, 0) is 4.75 Å². The Balaban J connectivity index is 2.23. The lowest BCUT2D eigenvalue weighted by atomic mass is 9.75. The molecule has 3 rings (SSSR count). The van der Waals surface area contributed by atoms with Crippen molar-refractivity contribution in [3.8, 4) is 12.1 Å². The van der Waals surface area contributed by atoms with Crippen LogP contribution in [0.1, 0.15) is 11.1 Å². The minimum absolute atomic E-state index is 0.236. The molecule has 1 aliphatic rings. The van der Waals surface area contributed by atoms with Crippen molar-refractivity contribution in [2.45, 2.75) is 4.75 Å². The van der Waals surface area contributed by atoms with Gasteiger partial charge in [0.1, 0.15) is 0 Å². The van der Waals surface area contributed by atoms with Crippen molar-refractivity contribution in [2.75, 3.05) is 5.75 Å². The lowest BCUT2D eigenvalue weighted by Gasteiger charge is -2.33. The Morgan fingerprint density at radius 1 is 0.857 bits per heavy atom. The van der Waals surface area contributed by atoms with Crippen molar-refractivity contribution >= 4 is 11.8 Å². The molecule has 0 radical (unpaired) electrons. The molecule has 0 amide bonds. The SMILES string of the molecule is N#C[C@@H]1[C@@H](C#N)CSC1(c1ccccc1)c1ccccc1. The molecule has 0 saturated carbocycles. The molecule has 2 nitrogen and oxygen atoms in total. The van der Waals surface area contributed by atoms with Crippen molar-refractivity contribution in [1.82, 2.24) is 0 Å². The predicted octanol–water partition coefficient (Wildman–Crippen LogP) is 3.96. The summed E-state index contributed by atoms with van der Waals surface area (Å²) in [6.07, 6.45) is 0. The third-order valence-electron chi connectivity index (χ3n) is 4.04. The van der Waals surface area contributed by atoms with Gasteiger partial charge in [0, 0.05) is 5.75 Å². The van der Waals surface area contributed by atoms with E-state index in [-0.39, 0.29) is 11.8 Å². The van der Waals surface area contributed by atoms with E-state index in [1.807, 2.05) is 36.4 Å². The first kappa shape index (κ1) is 13.7. The number of hydrogen-bond donors (Lipinski definition) is 0. The van der Waals surface area contributed by atoms with Gasteiger partial charge >= 0.3 is 0 Å². The molecule has 0 N–H and O–H groups in total. The molecule has 2 aromatic rings. The Labute approximate surface area is 129 Å². The topological polar surface area (TPSA) is 47.6 Å². The maximum Gasteiger partial charge on any atom is 0.0858 e. The minimum Gasteiger partial charge on any atom is -0.198 e. The summed E-state index contributed by atoms with van der Waals surface area (Å²) >= 11 is 1.72. The first-order valence-electron chi connectivity index (χ1n) is 6.87. The van der Waals surface area contributed by atoms with Crippen LogP contribution in [0.15, 0.2) is 60.7 Å². The van der Waals surface area contributed by atoms with E-state index >= 15 is 0 Å². The molecular weight excluding hydrogens is 276 g/mol. The molecule has 2 aromatic carbocycles. The summed E-state index contributed by atoms with van der Waals surface area (Å²) in [4.78, 5) is 0. The van der Waals surface area contributed by atoms with Gasteiger partial charge in [0.15, 0.2) is 0 Å². The highest BCUT2D eigenvalue weighted by Crippen LogP contribution is 2.56. The van der Waals surface area contributed by atoms with E-state index in [0.717, 1.165) is 11.1 Å².